The molecule has 1 aliphatic rings. The van der Waals surface area contributed by atoms with Crippen LogP contribution in [0.4, 0.5) is 0 Å². The molecule has 0 radical (unpaired) electrons. The van der Waals surface area contributed by atoms with Crippen LogP contribution in [0.5, 0.6) is 0 Å². The normalized spacial score (nSPS) is 19.3. The van der Waals surface area contributed by atoms with Crippen LogP contribution < -0.4 is 0 Å². The molecule has 1 N–H and O–H groups in total. The molecule has 1 saturated carbocycles. The summed E-state index contributed by atoms with van der Waals surface area (Å²) in [7, 11) is 0. The van der Waals surface area contributed by atoms with Gasteiger partial charge in [0, 0.05) is 5.41 Å². The Hall–Kier alpha value is -0.820. The molecule has 0 saturated heterocycles. The Labute approximate surface area is 105 Å². The molecule has 0 aromatic heterocycles. The number of rotatable bonds is 6. The van der Waals surface area contributed by atoms with Crippen LogP contribution in [0.2, 0.25) is 0 Å². The topological polar surface area (TPSA) is 20.2 Å². The second kappa shape index (κ2) is 5.22. The maximum atomic E-state index is 10.5. The third-order valence-electron chi connectivity index (χ3n) is 4.49. The van der Waals surface area contributed by atoms with Crippen LogP contribution in [0.1, 0.15) is 51.5 Å². The first-order valence-corrected chi connectivity index (χ1v) is 6.96. The molecule has 0 amide bonds. The van der Waals surface area contributed by atoms with Gasteiger partial charge >= 0.3 is 0 Å². The van der Waals surface area contributed by atoms with Gasteiger partial charge in [-0.1, -0.05) is 57.0 Å². The van der Waals surface area contributed by atoms with Crippen molar-refractivity contribution in [1.29, 1.82) is 0 Å². The highest BCUT2D eigenvalue weighted by molar-refractivity contribution is 5.32. The second-order valence-corrected chi connectivity index (χ2v) is 5.46. The van der Waals surface area contributed by atoms with Gasteiger partial charge in [0.05, 0.1) is 6.10 Å². The number of benzene rings is 1. The highest BCUT2D eigenvalue weighted by Crippen LogP contribution is 2.52. The van der Waals surface area contributed by atoms with Crippen LogP contribution in [0.15, 0.2) is 30.3 Å². The monoisotopic (exact) mass is 232 g/mol. The molecule has 1 aromatic carbocycles. The van der Waals surface area contributed by atoms with Crippen molar-refractivity contribution in [2.45, 2.75) is 57.5 Å². The summed E-state index contributed by atoms with van der Waals surface area (Å²) in [6.07, 6.45) is 5.46. The van der Waals surface area contributed by atoms with Gasteiger partial charge in [-0.2, -0.15) is 0 Å². The smallest absolute Gasteiger partial charge is 0.0639 e. The fraction of sp³-hybridized carbons (Fsp3) is 0.625. The summed E-state index contributed by atoms with van der Waals surface area (Å²) in [6, 6.07) is 10.6. The second-order valence-electron chi connectivity index (χ2n) is 5.46. The zero-order valence-corrected chi connectivity index (χ0v) is 11.0. The largest absolute Gasteiger partial charge is 0.392 e. The summed E-state index contributed by atoms with van der Waals surface area (Å²) < 4.78 is 0. The number of hydrogen-bond acceptors (Lipinski definition) is 1. The van der Waals surface area contributed by atoms with Crippen molar-refractivity contribution < 1.29 is 5.11 Å². The molecule has 94 valence electrons. The molecular weight excluding hydrogens is 208 g/mol. The highest BCUT2D eigenvalue weighted by atomic mass is 16.3. The SMILES string of the molecule is CCC(CC)CC(O)C1(c2ccccc2)CC1. The number of hydrogen-bond donors (Lipinski definition) is 1. The Bertz CT molecular complexity index is 336. The molecule has 1 unspecified atom stereocenters. The summed E-state index contributed by atoms with van der Waals surface area (Å²) in [5.74, 6) is 0.672. The average molecular weight is 232 g/mol. The van der Waals surface area contributed by atoms with E-state index in [1.165, 1.54) is 18.4 Å². The predicted molar refractivity (Wildman–Crippen MR) is 72.0 cm³/mol. The van der Waals surface area contributed by atoms with Gasteiger partial charge in [0.15, 0.2) is 0 Å². The maximum absolute atomic E-state index is 10.5. The van der Waals surface area contributed by atoms with E-state index in [9.17, 15) is 5.11 Å². The lowest BCUT2D eigenvalue weighted by atomic mass is 9.83. The molecule has 0 spiro atoms. The van der Waals surface area contributed by atoms with Crippen LogP contribution >= 0.6 is 0 Å². The molecule has 1 atom stereocenters. The molecule has 1 fully saturated rings. The van der Waals surface area contributed by atoms with Gasteiger partial charge in [0.1, 0.15) is 0 Å². The van der Waals surface area contributed by atoms with E-state index in [2.05, 4.69) is 38.1 Å². The van der Waals surface area contributed by atoms with Crippen LogP contribution in [0.25, 0.3) is 0 Å². The molecule has 1 nitrogen and oxygen atoms in total. The third-order valence-corrected chi connectivity index (χ3v) is 4.49. The zero-order valence-electron chi connectivity index (χ0n) is 11.0. The van der Waals surface area contributed by atoms with Crippen molar-refractivity contribution >= 4 is 0 Å². The van der Waals surface area contributed by atoms with Gasteiger partial charge in [-0.15, -0.1) is 0 Å². The molecule has 2 rings (SSSR count). The van der Waals surface area contributed by atoms with Crippen LogP contribution in [-0.4, -0.2) is 11.2 Å². The Morgan fingerprint density at radius 2 is 1.71 bits per heavy atom. The summed E-state index contributed by atoms with van der Waals surface area (Å²) in [5, 5.41) is 10.5. The first-order valence-electron chi connectivity index (χ1n) is 6.96. The zero-order chi connectivity index (χ0) is 12.3. The van der Waals surface area contributed by atoms with Crippen molar-refractivity contribution in [1.82, 2.24) is 0 Å². The van der Waals surface area contributed by atoms with Crippen molar-refractivity contribution in [3.63, 3.8) is 0 Å². The minimum atomic E-state index is -0.158. The van der Waals surface area contributed by atoms with Crippen molar-refractivity contribution in [2.24, 2.45) is 5.92 Å². The van der Waals surface area contributed by atoms with Crippen molar-refractivity contribution in [3.8, 4) is 0 Å². The van der Waals surface area contributed by atoms with E-state index < -0.39 is 0 Å². The Kier molecular flexibility index (Phi) is 3.88. The lowest BCUT2D eigenvalue weighted by Crippen LogP contribution is -2.28. The van der Waals surface area contributed by atoms with E-state index in [4.69, 9.17) is 0 Å². The summed E-state index contributed by atoms with van der Waals surface area (Å²) >= 11 is 0. The molecule has 17 heavy (non-hydrogen) atoms. The van der Waals surface area contributed by atoms with E-state index >= 15 is 0 Å². The Morgan fingerprint density at radius 1 is 1.12 bits per heavy atom. The highest BCUT2D eigenvalue weighted by Gasteiger charge is 2.50. The van der Waals surface area contributed by atoms with Crippen molar-refractivity contribution in [2.75, 3.05) is 0 Å². The van der Waals surface area contributed by atoms with Gasteiger partial charge in [-0.05, 0) is 30.7 Å². The van der Waals surface area contributed by atoms with Gasteiger partial charge in [-0.25, -0.2) is 0 Å². The van der Waals surface area contributed by atoms with E-state index in [0.717, 1.165) is 19.3 Å². The quantitative estimate of drug-likeness (QED) is 0.788. The minimum Gasteiger partial charge on any atom is -0.392 e. The van der Waals surface area contributed by atoms with Gasteiger partial charge in [0.25, 0.3) is 0 Å². The van der Waals surface area contributed by atoms with E-state index in [1.807, 2.05) is 6.07 Å². The third kappa shape index (κ3) is 2.55. The molecule has 1 heteroatoms. The number of aliphatic hydroxyl groups is 1. The fourth-order valence-corrected chi connectivity index (χ4v) is 2.88. The van der Waals surface area contributed by atoms with Crippen LogP contribution in [0, 0.1) is 5.92 Å². The lowest BCUT2D eigenvalue weighted by Gasteiger charge is -2.26. The van der Waals surface area contributed by atoms with E-state index in [0.29, 0.717) is 5.92 Å². The predicted octanol–water partition coefficient (Wildman–Crippen LogP) is 3.91. The Balaban J connectivity index is 2.06. The summed E-state index contributed by atoms with van der Waals surface area (Å²) in [4.78, 5) is 0. The molecule has 0 bridgehead atoms. The van der Waals surface area contributed by atoms with E-state index in [1.54, 1.807) is 0 Å². The summed E-state index contributed by atoms with van der Waals surface area (Å²) in [5.41, 5.74) is 1.42. The summed E-state index contributed by atoms with van der Waals surface area (Å²) in [6.45, 7) is 4.45. The standard InChI is InChI=1S/C16H24O/c1-3-13(4-2)12-15(17)16(10-11-16)14-8-6-5-7-9-14/h5-9,13,15,17H,3-4,10-12H2,1-2H3. The molecule has 1 aromatic rings. The first kappa shape index (κ1) is 12.6. The lowest BCUT2D eigenvalue weighted by molar-refractivity contribution is 0.101. The van der Waals surface area contributed by atoms with Gasteiger partial charge < -0.3 is 5.11 Å². The van der Waals surface area contributed by atoms with Gasteiger partial charge in [-0.3, -0.25) is 0 Å². The van der Waals surface area contributed by atoms with Crippen molar-refractivity contribution in [3.05, 3.63) is 35.9 Å². The fourth-order valence-electron chi connectivity index (χ4n) is 2.88. The molecular formula is C16H24O. The molecule has 1 aliphatic carbocycles. The minimum absolute atomic E-state index is 0.0872. The Morgan fingerprint density at radius 3 is 2.18 bits per heavy atom. The van der Waals surface area contributed by atoms with Crippen LogP contribution in [-0.2, 0) is 5.41 Å². The average Bonchev–Trinajstić information content (AvgIpc) is 3.18. The number of aliphatic hydroxyl groups excluding tert-OH is 1. The molecule has 0 aliphatic heterocycles. The first-order chi connectivity index (χ1) is 8.23. The molecule has 0 heterocycles. The maximum Gasteiger partial charge on any atom is 0.0639 e. The van der Waals surface area contributed by atoms with E-state index in [-0.39, 0.29) is 11.5 Å². The van der Waals surface area contributed by atoms with Gasteiger partial charge in [0.2, 0.25) is 0 Å². The van der Waals surface area contributed by atoms with Crippen LogP contribution in [0.3, 0.4) is 0 Å².